The topological polar surface area (TPSA) is 4.93 Å². The molecule has 0 aliphatic heterocycles. The second-order valence-electron chi connectivity index (χ2n) is 11.0. The van der Waals surface area contributed by atoms with Crippen LogP contribution in [0, 0.1) is 6.92 Å². The third-order valence-corrected chi connectivity index (χ3v) is 9.17. The summed E-state index contributed by atoms with van der Waals surface area (Å²) in [5, 5.41) is 1.28. The maximum absolute atomic E-state index is 4.31. The predicted molar refractivity (Wildman–Crippen MR) is 176 cm³/mol. The largest absolute Gasteiger partial charge is 0.308 e. The van der Waals surface area contributed by atoms with Crippen LogP contribution in [0.2, 0.25) is 0 Å². The van der Waals surface area contributed by atoms with Gasteiger partial charge in [-0.05, 0) is 90.1 Å². The van der Waals surface area contributed by atoms with E-state index in [4.69, 9.17) is 0 Å². The molecule has 198 valence electrons. The first-order chi connectivity index (χ1) is 19.3. The molecule has 0 atom stereocenters. The van der Waals surface area contributed by atoms with Gasteiger partial charge in [0.25, 0.3) is 0 Å². The van der Waals surface area contributed by atoms with E-state index in [1.165, 1.54) is 66.1 Å². The molecule has 4 aromatic carbocycles. The number of allylic oxidation sites excluding steroid dienone is 3. The molecule has 1 aromatic heterocycles. The molecule has 0 fully saturated rings. The summed E-state index contributed by atoms with van der Waals surface area (Å²) in [6.07, 6.45) is 8.49. The molecule has 0 bridgehead atoms. The third-order valence-electron chi connectivity index (χ3n) is 8.21. The summed E-state index contributed by atoms with van der Waals surface area (Å²) in [6.45, 7) is 15.4. The summed E-state index contributed by atoms with van der Waals surface area (Å²) < 4.78 is 2.42. The van der Waals surface area contributed by atoms with Gasteiger partial charge in [-0.1, -0.05) is 111 Å². The minimum absolute atomic E-state index is 0.0301. The Morgan fingerprint density at radius 2 is 1.50 bits per heavy atom. The quantitative estimate of drug-likeness (QED) is 0.154. The molecular weight excluding hydrogens is 502 g/mol. The Morgan fingerprint density at radius 1 is 0.800 bits per heavy atom. The lowest BCUT2D eigenvalue weighted by Crippen LogP contribution is -2.14. The molecule has 0 saturated heterocycles. The van der Waals surface area contributed by atoms with E-state index in [1.54, 1.807) is 11.8 Å². The van der Waals surface area contributed by atoms with Crippen molar-refractivity contribution in [2.24, 2.45) is 0 Å². The van der Waals surface area contributed by atoms with Gasteiger partial charge in [-0.25, -0.2) is 0 Å². The van der Waals surface area contributed by atoms with E-state index in [1.807, 2.05) is 13.0 Å². The van der Waals surface area contributed by atoms with Crippen molar-refractivity contribution in [1.29, 1.82) is 0 Å². The second kappa shape index (κ2) is 10.2. The maximum Gasteiger partial charge on any atom is 0.0607 e. The normalized spacial score (nSPS) is 13.8. The zero-order chi connectivity index (χ0) is 28.0. The van der Waals surface area contributed by atoms with Crippen molar-refractivity contribution >= 4 is 28.7 Å². The number of rotatable bonds is 6. The van der Waals surface area contributed by atoms with E-state index in [2.05, 4.69) is 142 Å². The van der Waals surface area contributed by atoms with Crippen LogP contribution in [0.4, 0.5) is 0 Å². The predicted octanol–water partition coefficient (Wildman–Crippen LogP) is 11.1. The van der Waals surface area contributed by atoms with Gasteiger partial charge >= 0.3 is 0 Å². The van der Waals surface area contributed by atoms with E-state index < -0.39 is 0 Å². The highest BCUT2D eigenvalue weighted by molar-refractivity contribution is 8.03. The van der Waals surface area contributed by atoms with Crippen molar-refractivity contribution in [3.05, 3.63) is 137 Å². The van der Waals surface area contributed by atoms with Crippen LogP contribution < -0.4 is 0 Å². The first kappa shape index (κ1) is 26.2. The van der Waals surface area contributed by atoms with Crippen LogP contribution >= 0.6 is 11.8 Å². The van der Waals surface area contributed by atoms with Gasteiger partial charge in [0.2, 0.25) is 0 Å². The van der Waals surface area contributed by atoms with Gasteiger partial charge in [0.05, 0.1) is 11.2 Å². The van der Waals surface area contributed by atoms with E-state index in [-0.39, 0.29) is 5.41 Å². The van der Waals surface area contributed by atoms with Crippen molar-refractivity contribution in [3.8, 4) is 27.9 Å². The minimum Gasteiger partial charge on any atom is -0.308 e. The number of para-hydroxylation sites is 1. The molecular formula is C38H35NS. The van der Waals surface area contributed by atoms with Crippen LogP contribution in [0.3, 0.4) is 0 Å². The third kappa shape index (κ3) is 4.19. The molecule has 0 spiro atoms. The summed E-state index contributed by atoms with van der Waals surface area (Å²) in [5.41, 5.74) is 12.8. The van der Waals surface area contributed by atoms with E-state index >= 15 is 0 Å². The fourth-order valence-electron chi connectivity index (χ4n) is 6.24. The number of nitrogens with zero attached hydrogens (tertiary/aromatic N) is 1. The number of benzene rings is 4. The zero-order valence-corrected chi connectivity index (χ0v) is 24.8. The fourth-order valence-corrected chi connectivity index (χ4v) is 7.12. The van der Waals surface area contributed by atoms with Crippen LogP contribution in [0.25, 0.3) is 44.9 Å². The number of aromatic nitrogens is 1. The maximum atomic E-state index is 4.31. The second-order valence-corrected chi connectivity index (χ2v) is 12.2. The summed E-state index contributed by atoms with van der Waals surface area (Å²) in [6, 6.07) is 31.4. The molecule has 0 unspecified atom stereocenters. The number of hydrogen-bond acceptors (Lipinski definition) is 1. The van der Waals surface area contributed by atoms with Crippen molar-refractivity contribution < 1.29 is 0 Å². The van der Waals surface area contributed by atoms with E-state index in [0.717, 1.165) is 4.91 Å². The number of thioether (sulfide) groups is 1. The van der Waals surface area contributed by atoms with Gasteiger partial charge in [0.15, 0.2) is 0 Å². The Hall–Kier alpha value is -4.01. The van der Waals surface area contributed by atoms with E-state index in [9.17, 15) is 0 Å². The molecule has 0 amide bonds. The molecule has 6 rings (SSSR count). The minimum atomic E-state index is -0.0301. The molecule has 2 heteroatoms. The van der Waals surface area contributed by atoms with Crippen LogP contribution in [0.15, 0.2) is 120 Å². The SMILES string of the molecule is C=C(/C=C\C)Sc1ccc(-c2ccc3c(c2)C(C)(C)c2ccccc2-3)cc1-n1c(/C=C\C)c(C)c2ccccc21. The van der Waals surface area contributed by atoms with Gasteiger partial charge < -0.3 is 4.57 Å². The highest BCUT2D eigenvalue weighted by Crippen LogP contribution is 2.49. The summed E-state index contributed by atoms with van der Waals surface area (Å²) >= 11 is 1.72. The van der Waals surface area contributed by atoms with Crippen molar-refractivity contribution in [2.45, 2.75) is 44.9 Å². The van der Waals surface area contributed by atoms with Gasteiger partial charge in [0, 0.05) is 26.3 Å². The molecule has 0 radical (unpaired) electrons. The monoisotopic (exact) mass is 537 g/mol. The Labute approximate surface area is 242 Å². The van der Waals surface area contributed by atoms with Crippen molar-refractivity contribution in [2.75, 3.05) is 0 Å². The molecule has 1 aliphatic rings. The lowest BCUT2D eigenvalue weighted by atomic mass is 9.81. The Bertz CT molecular complexity index is 1840. The smallest absolute Gasteiger partial charge is 0.0607 e. The molecule has 1 aliphatic carbocycles. The average Bonchev–Trinajstić information content (AvgIpc) is 3.37. The van der Waals surface area contributed by atoms with Gasteiger partial charge in [-0.2, -0.15) is 0 Å². The van der Waals surface area contributed by atoms with Crippen LogP contribution in [0.1, 0.15) is 50.1 Å². The summed E-state index contributed by atoms with van der Waals surface area (Å²) in [7, 11) is 0. The Kier molecular flexibility index (Phi) is 6.68. The van der Waals surface area contributed by atoms with Crippen molar-refractivity contribution in [1.82, 2.24) is 4.57 Å². The van der Waals surface area contributed by atoms with Crippen LogP contribution in [0.5, 0.6) is 0 Å². The van der Waals surface area contributed by atoms with Gasteiger partial charge in [0.1, 0.15) is 0 Å². The number of aryl methyl sites for hydroxylation is 1. The number of hydrogen-bond donors (Lipinski definition) is 0. The highest BCUT2D eigenvalue weighted by Gasteiger charge is 2.35. The average molecular weight is 538 g/mol. The molecule has 1 heterocycles. The first-order valence-electron chi connectivity index (χ1n) is 14.0. The Morgan fingerprint density at radius 3 is 2.30 bits per heavy atom. The highest BCUT2D eigenvalue weighted by atomic mass is 32.2. The first-order valence-corrected chi connectivity index (χ1v) is 14.8. The van der Waals surface area contributed by atoms with Crippen LogP contribution in [-0.4, -0.2) is 4.57 Å². The molecule has 0 N–H and O–H groups in total. The van der Waals surface area contributed by atoms with Gasteiger partial charge in [-0.3, -0.25) is 0 Å². The number of fused-ring (bicyclic) bond motifs is 4. The van der Waals surface area contributed by atoms with Crippen molar-refractivity contribution in [3.63, 3.8) is 0 Å². The zero-order valence-electron chi connectivity index (χ0n) is 24.0. The lowest BCUT2D eigenvalue weighted by Gasteiger charge is -2.22. The Balaban J connectivity index is 1.57. The molecule has 40 heavy (non-hydrogen) atoms. The molecule has 1 nitrogen and oxygen atoms in total. The summed E-state index contributed by atoms with van der Waals surface area (Å²) in [4.78, 5) is 2.21. The lowest BCUT2D eigenvalue weighted by molar-refractivity contribution is 0.660. The molecule has 0 saturated carbocycles. The fraction of sp³-hybridized carbons (Fsp3) is 0.158. The van der Waals surface area contributed by atoms with Gasteiger partial charge in [-0.15, -0.1) is 0 Å². The van der Waals surface area contributed by atoms with Crippen LogP contribution in [-0.2, 0) is 5.41 Å². The summed E-state index contributed by atoms with van der Waals surface area (Å²) in [5.74, 6) is 0. The van der Waals surface area contributed by atoms with E-state index in [0.29, 0.717) is 0 Å². The molecule has 5 aromatic rings. The standard InChI is InChI=1S/C38H35NS/c1-7-13-25(3)40-37-22-20-28(24-36(37)39-34(14-8-2)26(4)29-15-10-12-18-35(29)39)27-19-21-31-30-16-9-11-17-32(30)38(5,6)33(31)23-27/h7-24H,3H2,1-2,4-6H3/b13-7-,14-8-.